The molecule has 1 heterocycles. The molecule has 1 aromatic rings. The Bertz CT molecular complexity index is 523. The van der Waals surface area contributed by atoms with Gasteiger partial charge in [0.2, 0.25) is 0 Å². The second-order valence-corrected chi connectivity index (χ2v) is 5.60. The first-order valence-electron chi connectivity index (χ1n) is 6.55. The summed E-state index contributed by atoms with van der Waals surface area (Å²) < 4.78 is 5.76. The molecule has 3 atom stereocenters. The van der Waals surface area contributed by atoms with E-state index >= 15 is 0 Å². The fraction of sp³-hybridized carbons (Fsp3) is 0.533. The maximum atomic E-state index is 10.7. The molecule has 20 heavy (non-hydrogen) atoms. The number of hydrogen-bond acceptors (Lipinski definition) is 4. The maximum absolute atomic E-state index is 10.7. The standard InChI is InChI=1S/C15H20N2O2.ClH/c1-9(2)17-14-12-7-11(8-16)5-6-13(12)19-10(3)15(14,4)18;/h5-7,9-10,14,17-18H,1-4H3;1H. The minimum absolute atomic E-state index is 0. The van der Waals surface area contributed by atoms with E-state index in [4.69, 9.17) is 10.00 Å². The molecule has 0 radical (unpaired) electrons. The Kier molecular flexibility index (Phi) is 5.04. The van der Waals surface area contributed by atoms with Gasteiger partial charge >= 0.3 is 0 Å². The van der Waals surface area contributed by atoms with Gasteiger partial charge in [0, 0.05) is 11.6 Å². The van der Waals surface area contributed by atoms with Gasteiger partial charge in [-0.15, -0.1) is 12.4 Å². The first-order chi connectivity index (χ1) is 8.86. The summed E-state index contributed by atoms with van der Waals surface area (Å²) in [4.78, 5) is 0. The van der Waals surface area contributed by atoms with Crippen LogP contribution in [0.5, 0.6) is 5.75 Å². The fourth-order valence-electron chi connectivity index (χ4n) is 2.40. The van der Waals surface area contributed by atoms with Gasteiger partial charge in [0.05, 0.1) is 17.7 Å². The van der Waals surface area contributed by atoms with Gasteiger partial charge in [0.15, 0.2) is 0 Å². The highest BCUT2D eigenvalue weighted by Crippen LogP contribution is 2.41. The quantitative estimate of drug-likeness (QED) is 0.880. The van der Waals surface area contributed by atoms with E-state index < -0.39 is 5.60 Å². The Morgan fingerprint density at radius 2 is 2.10 bits per heavy atom. The van der Waals surface area contributed by atoms with E-state index in [9.17, 15) is 5.11 Å². The second kappa shape index (κ2) is 6.01. The monoisotopic (exact) mass is 296 g/mol. The first kappa shape index (κ1) is 16.8. The van der Waals surface area contributed by atoms with E-state index in [1.54, 1.807) is 25.1 Å². The number of ether oxygens (including phenoxy) is 1. The Hall–Kier alpha value is -1.28. The van der Waals surface area contributed by atoms with Crippen LogP contribution in [0.3, 0.4) is 0 Å². The third kappa shape index (κ3) is 2.90. The SMILES string of the molecule is CC(C)NC1c2cc(C#N)ccc2OC(C)C1(C)O.Cl. The number of nitriles is 1. The van der Waals surface area contributed by atoms with E-state index in [-0.39, 0.29) is 30.6 Å². The van der Waals surface area contributed by atoms with Gasteiger partial charge in [-0.25, -0.2) is 0 Å². The van der Waals surface area contributed by atoms with Crippen molar-refractivity contribution >= 4 is 12.4 Å². The summed E-state index contributed by atoms with van der Waals surface area (Å²) in [6, 6.07) is 7.42. The van der Waals surface area contributed by atoms with Crippen LogP contribution in [0.2, 0.25) is 0 Å². The van der Waals surface area contributed by atoms with Crippen molar-refractivity contribution in [2.45, 2.75) is 51.5 Å². The van der Waals surface area contributed by atoms with Crippen molar-refractivity contribution in [3.8, 4) is 11.8 Å². The second-order valence-electron chi connectivity index (χ2n) is 5.60. The predicted octanol–water partition coefficient (Wildman–Crippen LogP) is 2.55. The van der Waals surface area contributed by atoms with Crippen LogP contribution in [0.4, 0.5) is 0 Å². The number of nitrogens with zero attached hydrogens (tertiary/aromatic N) is 1. The zero-order valence-corrected chi connectivity index (χ0v) is 13.0. The summed E-state index contributed by atoms with van der Waals surface area (Å²) in [6.45, 7) is 7.68. The summed E-state index contributed by atoms with van der Waals surface area (Å²) >= 11 is 0. The minimum atomic E-state index is -1.02. The molecule has 0 saturated heterocycles. The van der Waals surface area contributed by atoms with E-state index in [2.05, 4.69) is 11.4 Å². The molecule has 0 bridgehead atoms. The Balaban J connectivity index is 0.00000200. The molecule has 1 aliphatic heterocycles. The van der Waals surface area contributed by atoms with E-state index in [1.165, 1.54) is 0 Å². The molecule has 2 N–H and O–H groups in total. The Morgan fingerprint density at radius 1 is 1.45 bits per heavy atom. The molecule has 110 valence electrons. The molecule has 0 aliphatic carbocycles. The number of hydrogen-bond donors (Lipinski definition) is 2. The summed E-state index contributed by atoms with van der Waals surface area (Å²) in [5.74, 6) is 0.733. The molecule has 1 aromatic carbocycles. The van der Waals surface area contributed by atoms with Crippen LogP contribution < -0.4 is 10.1 Å². The van der Waals surface area contributed by atoms with Gasteiger partial charge in [-0.1, -0.05) is 13.8 Å². The van der Waals surface area contributed by atoms with Gasteiger partial charge in [0.25, 0.3) is 0 Å². The van der Waals surface area contributed by atoms with Gasteiger partial charge in [0.1, 0.15) is 17.5 Å². The van der Waals surface area contributed by atoms with Crippen LogP contribution >= 0.6 is 12.4 Å². The van der Waals surface area contributed by atoms with Crippen molar-refractivity contribution < 1.29 is 9.84 Å². The van der Waals surface area contributed by atoms with Crippen LogP contribution in [0.1, 0.15) is 44.9 Å². The molecule has 0 amide bonds. The molecular weight excluding hydrogens is 276 g/mol. The zero-order valence-electron chi connectivity index (χ0n) is 12.2. The van der Waals surface area contributed by atoms with Crippen LogP contribution in [0.15, 0.2) is 18.2 Å². The van der Waals surface area contributed by atoms with E-state index in [1.807, 2.05) is 20.8 Å². The molecule has 0 spiro atoms. The lowest BCUT2D eigenvalue weighted by Crippen LogP contribution is -2.55. The summed E-state index contributed by atoms with van der Waals surface area (Å²) in [7, 11) is 0. The molecule has 1 aliphatic rings. The zero-order chi connectivity index (χ0) is 14.2. The predicted molar refractivity (Wildman–Crippen MR) is 80.1 cm³/mol. The Labute approximate surface area is 126 Å². The Morgan fingerprint density at radius 3 is 2.65 bits per heavy atom. The van der Waals surface area contributed by atoms with Crippen LogP contribution in [0, 0.1) is 11.3 Å². The van der Waals surface area contributed by atoms with E-state index in [0.717, 1.165) is 11.3 Å². The topological polar surface area (TPSA) is 65.3 Å². The summed E-state index contributed by atoms with van der Waals surface area (Å²) in [5.41, 5.74) is 0.393. The average molecular weight is 297 g/mol. The highest BCUT2D eigenvalue weighted by Gasteiger charge is 2.45. The summed E-state index contributed by atoms with van der Waals surface area (Å²) in [6.07, 6.45) is -0.316. The van der Waals surface area contributed by atoms with E-state index in [0.29, 0.717) is 5.56 Å². The molecule has 4 nitrogen and oxygen atoms in total. The third-order valence-electron chi connectivity index (χ3n) is 3.66. The molecule has 3 unspecified atom stereocenters. The lowest BCUT2D eigenvalue weighted by atomic mass is 9.82. The van der Waals surface area contributed by atoms with Crippen molar-refractivity contribution in [2.75, 3.05) is 0 Å². The number of aliphatic hydroxyl groups is 1. The normalized spacial score (nSPS) is 28.1. The molecule has 0 aromatic heterocycles. The molecule has 0 fully saturated rings. The van der Waals surface area contributed by atoms with Gasteiger partial charge in [-0.3, -0.25) is 0 Å². The van der Waals surface area contributed by atoms with Crippen molar-refractivity contribution in [1.82, 2.24) is 5.32 Å². The van der Waals surface area contributed by atoms with Crippen molar-refractivity contribution in [3.63, 3.8) is 0 Å². The first-order valence-corrected chi connectivity index (χ1v) is 6.55. The van der Waals surface area contributed by atoms with Crippen molar-refractivity contribution in [2.24, 2.45) is 0 Å². The fourth-order valence-corrected chi connectivity index (χ4v) is 2.40. The van der Waals surface area contributed by atoms with Gasteiger partial charge < -0.3 is 15.2 Å². The largest absolute Gasteiger partial charge is 0.487 e. The van der Waals surface area contributed by atoms with Gasteiger partial charge in [-0.2, -0.15) is 5.26 Å². The maximum Gasteiger partial charge on any atom is 0.126 e. The summed E-state index contributed by atoms with van der Waals surface area (Å²) in [5, 5.41) is 23.1. The number of nitrogens with one attached hydrogen (secondary N) is 1. The molecular formula is C15H21ClN2O2. The number of fused-ring (bicyclic) bond motifs is 1. The molecule has 0 saturated carbocycles. The lowest BCUT2D eigenvalue weighted by Gasteiger charge is -2.44. The minimum Gasteiger partial charge on any atom is -0.487 e. The smallest absolute Gasteiger partial charge is 0.126 e. The number of benzene rings is 1. The van der Waals surface area contributed by atoms with Crippen molar-refractivity contribution in [3.05, 3.63) is 29.3 Å². The van der Waals surface area contributed by atoms with Crippen LogP contribution in [-0.4, -0.2) is 22.9 Å². The van der Waals surface area contributed by atoms with Crippen LogP contribution in [0.25, 0.3) is 0 Å². The van der Waals surface area contributed by atoms with Crippen LogP contribution in [-0.2, 0) is 0 Å². The molecule has 2 rings (SSSR count). The third-order valence-corrected chi connectivity index (χ3v) is 3.66. The van der Waals surface area contributed by atoms with Crippen molar-refractivity contribution in [1.29, 1.82) is 5.26 Å². The van der Waals surface area contributed by atoms with Gasteiger partial charge in [-0.05, 0) is 32.0 Å². The average Bonchev–Trinajstić information content (AvgIpc) is 2.34. The highest BCUT2D eigenvalue weighted by molar-refractivity contribution is 5.85. The highest BCUT2D eigenvalue weighted by atomic mass is 35.5. The molecule has 5 heteroatoms. The number of halogens is 1. The lowest BCUT2D eigenvalue weighted by molar-refractivity contribution is -0.0830. The number of rotatable bonds is 2.